The fourth-order valence-corrected chi connectivity index (χ4v) is 4.50. The topological polar surface area (TPSA) is 55.4 Å². The van der Waals surface area contributed by atoms with Crippen LogP contribution >= 0.6 is 11.6 Å². The van der Waals surface area contributed by atoms with Crippen LogP contribution in [0.1, 0.15) is 46.5 Å². The average Bonchev–Trinajstić information content (AvgIpc) is 2.37. The second kappa shape index (κ2) is 7.25. The van der Waals surface area contributed by atoms with E-state index in [4.69, 9.17) is 16.3 Å². The second-order valence-corrected chi connectivity index (χ2v) is 7.69. The number of hydrogen-bond donors (Lipinski definition) is 1. The molecule has 1 rings (SSSR count). The summed E-state index contributed by atoms with van der Waals surface area (Å²) in [6.07, 6.45) is 3.34. The van der Waals surface area contributed by atoms with Crippen LogP contribution in [0.25, 0.3) is 0 Å². The maximum absolute atomic E-state index is 12.0. The molecule has 2 atom stereocenters. The molecule has 1 heterocycles. The third kappa shape index (κ3) is 5.21. The van der Waals surface area contributed by atoms with Gasteiger partial charge >= 0.3 is 0 Å². The zero-order valence-electron chi connectivity index (χ0n) is 12.1. The highest BCUT2D eigenvalue weighted by Crippen LogP contribution is 2.31. The summed E-state index contributed by atoms with van der Waals surface area (Å²) >= 11 is 5.68. The van der Waals surface area contributed by atoms with Gasteiger partial charge in [0.2, 0.25) is 10.0 Å². The molecule has 1 saturated heterocycles. The Morgan fingerprint density at radius 1 is 1.42 bits per heavy atom. The van der Waals surface area contributed by atoms with E-state index in [9.17, 15) is 8.42 Å². The van der Waals surface area contributed by atoms with E-state index < -0.39 is 10.0 Å². The molecular weight excluding hydrogens is 286 g/mol. The fourth-order valence-electron chi connectivity index (χ4n) is 2.59. The van der Waals surface area contributed by atoms with E-state index in [-0.39, 0.29) is 23.3 Å². The highest BCUT2D eigenvalue weighted by Gasteiger charge is 2.36. The van der Waals surface area contributed by atoms with Gasteiger partial charge in [-0.3, -0.25) is 0 Å². The average molecular weight is 312 g/mol. The standard InChI is InChI=1S/C13H26ClNO3S/c1-4-13(5-2)8-12(6-7-18-13)15-19(16,17)10-11(3)9-14/h11-12,15H,4-10H2,1-3H3. The second-order valence-electron chi connectivity index (χ2n) is 5.59. The summed E-state index contributed by atoms with van der Waals surface area (Å²) in [7, 11) is -3.25. The van der Waals surface area contributed by atoms with Gasteiger partial charge in [-0.1, -0.05) is 20.8 Å². The largest absolute Gasteiger partial charge is 0.375 e. The first-order valence-electron chi connectivity index (χ1n) is 7.06. The SMILES string of the molecule is CCC1(CC)CC(NS(=O)(=O)CC(C)CCl)CCO1. The van der Waals surface area contributed by atoms with E-state index >= 15 is 0 Å². The van der Waals surface area contributed by atoms with Gasteiger partial charge in [-0.05, 0) is 31.6 Å². The lowest BCUT2D eigenvalue weighted by molar-refractivity contribution is -0.0905. The van der Waals surface area contributed by atoms with Crippen LogP contribution in [0.3, 0.4) is 0 Å². The van der Waals surface area contributed by atoms with E-state index in [1.165, 1.54) is 0 Å². The molecule has 0 radical (unpaired) electrons. The van der Waals surface area contributed by atoms with Gasteiger partial charge in [0.25, 0.3) is 0 Å². The molecule has 114 valence electrons. The molecule has 0 aromatic rings. The van der Waals surface area contributed by atoms with Gasteiger partial charge in [0.15, 0.2) is 0 Å². The van der Waals surface area contributed by atoms with Crippen LogP contribution in [-0.2, 0) is 14.8 Å². The molecule has 2 unspecified atom stereocenters. The summed E-state index contributed by atoms with van der Waals surface area (Å²) in [5.41, 5.74) is -0.163. The molecule has 1 aliphatic rings. The summed E-state index contributed by atoms with van der Waals surface area (Å²) in [5.74, 6) is 0.433. The lowest BCUT2D eigenvalue weighted by Gasteiger charge is -2.40. The summed E-state index contributed by atoms with van der Waals surface area (Å²) in [5, 5.41) is 0. The van der Waals surface area contributed by atoms with Crippen molar-refractivity contribution in [2.45, 2.75) is 58.1 Å². The Morgan fingerprint density at radius 3 is 2.58 bits per heavy atom. The maximum Gasteiger partial charge on any atom is 0.212 e. The minimum absolute atomic E-state index is 0.0128. The molecule has 0 amide bonds. The zero-order chi connectivity index (χ0) is 14.5. The molecule has 1 aliphatic heterocycles. The fraction of sp³-hybridized carbons (Fsp3) is 1.00. The Bertz CT molecular complexity index is 368. The highest BCUT2D eigenvalue weighted by molar-refractivity contribution is 7.89. The normalized spacial score (nSPS) is 25.2. The molecule has 0 saturated carbocycles. The van der Waals surface area contributed by atoms with Gasteiger partial charge in [-0.25, -0.2) is 13.1 Å². The van der Waals surface area contributed by atoms with Crippen LogP contribution < -0.4 is 4.72 Å². The van der Waals surface area contributed by atoms with Gasteiger partial charge in [-0.2, -0.15) is 0 Å². The lowest BCUT2D eigenvalue weighted by atomic mass is 9.86. The van der Waals surface area contributed by atoms with Crippen LogP contribution in [0.15, 0.2) is 0 Å². The van der Waals surface area contributed by atoms with Crippen molar-refractivity contribution in [2.24, 2.45) is 5.92 Å². The third-order valence-corrected chi connectivity index (χ3v) is 6.12. The Kier molecular flexibility index (Phi) is 6.57. The summed E-state index contributed by atoms with van der Waals surface area (Å²) in [4.78, 5) is 0. The van der Waals surface area contributed by atoms with Crippen molar-refractivity contribution in [1.82, 2.24) is 4.72 Å². The van der Waals surface area contributed by atoms with Crippen LogP contribution in [0.2, 0.25) is 0 Å². The molecule has 0 aliphatic carbocycles. The predicted octanol–water partition coefficient (Wildman–Crippen LogP) is 2.52. The number of rotatable bonds is 7. The summed E-state index contributed by atoms with van der Waals surface area (Å²) in [6.45, 7) is 6.66. The van der Waals surface area contributed by atoms with Gasteiger partial charge < -0.3 is 4.74 Å². The van der Waals surface area contributed by atoms with E-state index in [1.54, 1.807) is 0 Å². The van der Waals surface area contributed by atoms with E-state index in [0.29, 0.717) is 12.5 Å². The Labute approximate surface area is 122 Å². The molecule has 0 spiro atoms. The molecule has 19 heavy (non-hydrogen) atoms. The van der Waals surface area contributed by atoms with Crippen molar-refractivity contribution in [2.75, 3.05) is 18.2 Å². The number of hydrogen-bond acceptors (Lipinski definition) is 3. The number of alkyl halides is 1. The number of halogens is 1. The van der Waals surface area contributed by atoms with Crippen LogP contribution in [-0.4, -0.2) is 38.3 Å². The Hall–Kier alpha value is 0.160. The molecule has 4 nitrogen and oxygen atoms in total. The molecule has 0 aromatic carbocycles. The minimum Gasteiger partial charge on any atom is -0.375 e. The minimum atomic E-state index is -3.25. The summed E-state index contributed by atoms with van der Waals surface area (Å²) in [6, 6.07) is -0.0128. The maximum atomic E-state index is 12.0. The predicted molar refractivity (Wildman–Crippen MR) is 79.1 cm³/mol. The number of nitrogens with one attached hydrogen (secondary N) is 1. The van der Waals surface area contributed by atoms with Crippen molar-refractivity contribution in [1.29, 1.82) is 0 Å². The Balaban J connectivity index is 2.61. The molecule has 0 bridgehead atoms. The van der Waals surface area contributed by atoms with Crippen LogP contribution in [0.5, 0.6) is 0 Å². The number of ether oxygens (including phenoxy) is 1. The van der Waals surface area contributed by atoms with Crippen molar-refractivity contribution in [3.05, 3.63) is 0 Å². The molecule has 1 fully saturated rings. The smallest absolute Gasteiger partial charge is 0.212 e. The number of sulfonamides is 1. The first kappa shape index (κ1) is 17.2. The molecule has 6 heteroatoms. The van der Waals surface area contributed by atoms with Crippen molar-refractivity contribution in [3.63, 3.8) is 0 Å². The van der Waals surface area contributed by atoms with Gasteiger partial charge in [0.1, 0.15) is 0 Å². The van der Waals surface area contributed by atoms with E-state index in [1.807, 2.05) is 6.92 Å². The first-order chi connectivity index (χ1) is 8.86. The molecule has 1 N–H and O–H groups in total. The van der Waals surface area contributed by atoms with E-state index in [0.717, 1.165) is 25.7 Å². The van der Waals surface area contributed by atoms with Crippen LogP contribution in [0, 0.1) is 5.92 Å². The van der Waals surface area contributed by atoms with E-state index in [2.05, 4.69) is 18.6 Å². The molecule has 0 aromatic heterocycles. The van der Waals surface area contributed by atoms with Gasteiger partial charge in [0, 0.05) is 18.5 Å². The van der Waals surface area contributed by atoms with Crippen molar-refractivity contribution >= 4 is 21.6 Å². The first-order valence-corrected chi connectivity index (χ1v) is 9.25. The highest BCUT2D eigenvalue weighted by atomic mass is 35.5. The van der Waals surface area contributed by atoms with Gasteiger partial charge in [-0.15, -0.1) is 11.6 Å². The van der Waals surface area contributed by atoms with Crippen LogP contribution in [0.4, 0.5) is 0 Å². The molecular formula is C13H26ClNO3S. The van der Waals surface area contributed by atoms with Gasteiger partial charge in [0.05, 0.1) is 11.4 Å². The third-order valence-electron chi connectivity index (χ3n) is 3.90. The van der Waals surface area contributed by atoms with Crippen molar-refractivity contribution in [3.8, 4) is 0 Å². The zero-order valence-corrected chi connectivity index (χ0v) is 13.7. The summed E-state index contributed by atoms with van der Waals surface area (Å²) < 4.78 is 32.8. The lowest BCUT2D eigenvalue weighted by Crippen LogP contribution is -2.48. The quantitative estimate of drug-likeness (QED) is 0.735. The monoisotopic (exact) mass is 311 g/mol. The Morgan fingerprint density at radius 2 is 2.05 bits per heavy atom. The van der Waals surface area contributed by atoms with Crippen molar-refractivity contribution < 1.29 is 13.2 Å².